The average molecular weight is 232 g/mol. The minimum absolute atomic E-state index is 0.368. The van der Waals surface area contributed by atoms with Crippen molar-refractivity contribution in [1.29, 1.82) is 0 Å². The largest absolute Gasteiger partial charge is 0.464 e. The topological polar surface area (TPSA) is 69.9 Å². The maximum atomic E-state index is 11.6. The molecule has 88 valence electrons. The molecule has 0 atom stereocenters. The summed E-state index contributed by atoms with van der Waals surface area (Å²) in [4.78, 5) is 11.6. The van der Waals surface area contributed by atoms with Crippen molar-refractivity contribution < 1.29 is 9.53 Å². The van der Waals surface area contributed by atoms with Crippen LogP contribution in [-0.4, -0.2) is 33.1 Å². The summed E-state index contributed by atoms with van der Waals surface area (Å²) in [6, 6.07) is 1.84. The third-order valence-corrected chi connectivity index (χ3v) is 2.38. The number of carbonyl (C=O) groups excluding carboxylic acids is 1. The van der Waals surface area contributed by atoms with Crippen molar-refractivity contribution >= 4 is 5.97 Å². The van der Waals surface area contributed by atoms with Crippen molar-refractivity contribution in [3.63, 3.8) is 0 Å². The molecule has 0 aliphatic heterocycles. The Balaban J connectivity index is 2.57. The number of nitrogens with zero attached hydrogens (tertiary/aromatic N) is 4. The van der Waals surface area contributed by atoms with Crippen LogP contribution in [0.15, 0.2) is 18.5 Å². The molecule has 0 unspecified atom stereocenters. The molecule has 6 nitrogen and oxygen atoms in total. The number of aryl methyl sites for hydroxylation is 2. The van der Waals surface area contributed by atoms with Crippen LogP contribution in [0.25, 0.3) is 11.3 Å². The Labute approximate surface area is 98.2 Å². The fraction of sp³-hybridized carbons (Fsp3) is 0.273. The van der Waals surface area contributed by atoms with Crippen LogP contribution in [0.3, 0.4) is 0 Å². The Kier molecular flexibility index (Phi) is 2.86. The molecule has 2 heterocycles. The molecule has 0 aliphatic carbocycles. The summed E-state index contributed by atoms with van der Waals surface area (Å²) in [5.74, 6) is -0.441. The number of hydrogen-bond acceptors (Lipinski definition) is 5. The first kappa shape index (κ1) is 11.3. The Morgan fingerprint density at radius 1 is 1.41 bits per heavy atom. The summed E-state index contributed by atoms with van der Waals surface area (Å²) in [7, 11) is 3.01. The Morgan fingerprint density at radius 2 is 2.18 bits per heavy atom. The van der Waals surface area contributed by atoms with Gasteiger partial charge in [-0.3, -0.25) is 4.68 Å². The van der Waals surface area contributed by atoms with Crippen LogP contribution in [0, 0.1) is 6.92 Å². The first-order chi connectivity index (χ1) is 8.13. The molecule has 0 spiro atoms. The summed E-state index contributed by atoms with van der Waals surface area (Å²) in [6.07, 6.45) is 3.23. The first-order valence-corrected chi connectivity index (χ1v) is 5.03. The summed E-state index contributed by atoms with van der Waals surface area (Å²) in [5.41, 5.74) is 2.57. The minimum atomic E-state index is -0.441. The highest BCUT2D eigenvalue weighted by molar-refractivity contribution is 5.94. The lowest BCUT2D eigenvalue weighted by molar-refractivity contribution is 0.0589. The van der Waals surface area contributed by atoms with Crippen LogP contribution in [-0.2, 0) is 11.8 Å². The number of aromatic nitrogens is 4. The van der Waals surface area contributed by atoms with Gasteiger partial charge >= 0.3 is 5.97 Å². The predicted octanol–water partition coefficient (Wildman–Crippen LogP) is 0.972. The summed E-state index contributed by atoms with van der Waals surface area (Å²) in [5, 5.41) is 11.9. The zero-order valence-electron chi connectivity index (χ0n) is 9.84. The number of esters is 1. The highest BCUT2D eigenvalue weighted by Crippen LogP contribution is 2.21. The lowest BCUT2D eigenvalue weighted by Gasteiger charge is -2.03. The average Bonchev–Trinajstić information content (AvgIpc) is 2.70. The van der Waals surface area contributed by atoms with Crippen molar-refractivity contribution in [1.82, 2.24) is 20.0 Å². The first-order valence-electron chi connectivity index (χ1n) is 5.03. The van der Waals surface area contributed by atoms with Crippen LogP contribution in [0.1, 0.15) is 16.1 Å². The van der Waals surface area contributed by atoms with Crippen LogP contribution in [0.4, 0.5) is 0 Å². The van der Waals surface area contributed by atoms with Crippen LogP contribution >= 0.6 is 0 Å². The van der Waals surface area contributed by atoms with Gasteiger partial charge in [0.05, 0.1) is 30.8 Å². The fourth-order valence-electron chi connectivity index (χ4n) is 1.56. The third-order valence-electron chi connectivity index (χ3n) is 2.38. The van der Waals surface area contributed by atoms with Gasteiger partial charge in [-0.1, -0.05) is 0 Å². The van der Waals surface area contributed by atoms with Crippen molar-refractivity contribution in [2.24, 2.45) is 7.05 Å². The highest BCUT2D eigenvalue weighted by Gasteiger charge is 2.19. The summed E-state index contributed by atoms with van der Waals surface area (Å²) < 4.78 is 6.18. The van der Waals surface area contributed by atoms with Gasteiger partial charge < -0.3 is 4.74 Å². The van der Waals surface area contributed by atoms with Gasteiger partial charge in [0.15, 0.2) is 5.69 Å². The van der Waals surface area contributed by atoms with E-state index in [9.17, 15) is 4.79 Å². The molecule has 0 aromatic carbocycles. The molecule has 0 aliphatic rings. The van der Waals surface area contributed by atoms with Crippen LogP contribution in [0.5, 0.6) is 0 Å². The number of rotatable bonds is 2. The molecular weight excluding hydrogens is 220 g/mol. The molecule has 0 N–H and O–H groups in total. The molecule has 0 fully saturated rings. The summed E-state index contributed by atoms with van der Waals surface area (Å²) >= 11 is 0. The molecule has 2 rings (SSSR count). The van der Waals surface area contributed by atoms with E-state index in [2.05, 4.69) is 15.3 Å². The van der Waals surface area contributed by atoms with Crippen molar-refractivity contribution in [3.8, 4) is 11.3 Å². The van der Waals surface area contributed by atoms with Gasteiger partial charge in [0, 0.05) is 7.05 Å². The molecule has 6 heteroatoms. The summed E-state index contributed by atoms with van der Waals surface area (Å²) in [6.45, 7) is 1.91. The zero-order chi connectivity index (χ0) is 12.4. The minimum Gasteiger partial charge on any atom is -0.464 e. The number of ether oxygens (including phenoxy) is 1. The molecule has 2 aromatic rings. The van der Waals surface area contributed by atoms with Crippen molar-refractivity contribution in [2.45, 2.75) is 6.92 Å². The second-order valence-electron chi connectivity index (χ2n) is 3.64. The zero-order valence-corrected chi connectivity index (χ0v) is 9.84. The maximum absolute atomic E-state index is 11.6. The maximum Gasteiger partial charge on any atom is 0.357 e. The molecule has 0 saturated carbocycles. The van der Waals surface area contributed by atoms with E-state index >= 15 is 0 Å². The quantitative estimate of drug-likeness (QED) is 0.721. The normalized spacial score (nSPS) is 10.3. The smallest absolute Gasteiger partial charge is 0.357 e. The van der Waals surface area contributed by atoms with Crippen LogP contribution < -0.4 is 0 Å². The Bertz CT molecular complexity index is 562. The highest BCUT2D eigenvalue weighted by atomic mass is 16.5. The predicted molar refractivity (Wildman–Crippen MR) is 60.3 cm³/mol. The van der Waals surface area contributed by atoms with E-state index in [1.807, 2.05) is 13.0 Å². The molecule has 0 radical (unpaired) electrons. The van der Waals surface area contributed by atoms with Gasteiger partial charge in [-0.05, 0) is 18.6 Å². The van der Waals surface area contributed by atoms with Gasteiger partial charge in [0.25, 0.3) is 0 Å². The van der Waals surface area contributed by atoms with Gasteiger partial charge in [0.2, 0.25) is 0 Å². The molecule has 0 saturated heterocycles. The Morgan fingerprint density at radius 3 is 2.82 bits per heavy atom. The van der Waals surface area contributed by atoms with Crippen molar-refractivity contribution in [2.75, 3.05) is 7.11 Å². The van der Waals surface area contributed by atoms with Crippen LogP contribution in [0.2, 0.25) is 0 Å². The van der Waals surface area contributed by atoms with E-state index in [0.717, 1.165) is 5.56 Å². The molecule has 2 aromatic heterocycles. The molecule has 0 bridgehead atoms. The number of methoxy groups -OCH3 is 1. The van der Waals surface area contributed by atoms with Crippen molar-refractivity contribution in [3.05, 3.63) is 29.7 Å². The molecular formula is C11H12N4O2. The number of carbonyl (C=O) groups is 1. The second-order valence-corrected chi connectivity index (χ2v) is 3.64. The van der Waals surface area contributed by atoms with E-state index in [0.29, 0.717) is 17.0 Å². The van der Waals surface area contributed by atoms with E-state index in [-0.39, 0.29) is 0 Å². The van der Waals surface area contributed by atoms with Gasteiger partial charge in [-0.2, -0.15) is 15.3 Å². The van der Waals surface area contributed by atoms with E-state index < -0.39 is 5.97 Å². The third kappa shape index (κ3) is 2.01. The van der Waals surface area contributed by atoms with Gasteiger partial charge in [0.1, 0.15) is 0 Å². The van der Waals surface area contributed by atoms with E-state index in [1.165, 1.54) is 11.8 Å². The second kappa shape index (κ2) is 4.32. The molecule has 17 heavy (non-hydrogen) atoms. The lowest BCUT2D eigenvalue weighted by Crippen LogP contribution is -2.10. The van der Waals surface area contributed by atoms with Gasteiger partial charge in [-0.15, -0.1) is 0 Å². The SMILES string of the molecule is COC(=O)c1c(-c2cc(C)cnn2)cnn1C. The fourth-order valence-corrected chi connectivity index (χ4v) is 1.56. The Hall–Kier alpha value is -2.24. The monoisotopic (exact) mass is 232 g/mol. The molecule has 0 amide bonds. The number of hydrogen-bond donors (Lipinski definition) is 0. The van der Waals surface area contributed by atoms with Gasteiger partial charge in [-0.25, -0.2) is 4.79 Å². The van der Waals surface area contributed by atoms with E-state index in [4.69, 9.17) is 4.74 Å². The van der Waals surface area contributed by atoms with E-state index in [1.54, 1.807) is 19.4 Å². The standard InChI is InChI=1S/C11H12N4O2/c1-7-4-9(14-12-5-7)8-6-13-15(2)10(8)11(16)17-3/h4-6H,1-3H3. The lowest BCUT2D eigenvalue weighted by atomic mass is 10.1.